The second-order valence-electron chi connectivity index (χ2n) is 9.38. The van der Waals surface area contributed by atoms with Gasteiger partial charge in [-0.1, -0.05) is 0 Å². The fourth-order valence-electron chi connectivity index (χ4n) is 6.63. The van der Waals surface area contributed by atoms with E-state index >= 15 is 0 Å². The Kier molecular flexibility index (Phi) is 5.08. The van der Waals surface area contributed by atoms with E-state index in [1.54, 1.807) is 4.90 Å². The van der Waals surface area contributed by atoms with E-state index in [-0.39, 0.29) is 11.3 Å². The van der Waals surface area contributed by atoms with Gasteiger partial charge in [0.1, 0.15) is 12.1 Å². The summed E-state index contributed by atoms with van der Waals surface area (Å²) in [5.41, 5.74) is -0.368. The number of carboxylic acid groups (broad SMARTS) is 1. The highest BCUT2D eigenvalue weighted by molar-refractivity contribution is 5.92. The number of hydrogen-bond donors (Lipinski definition) is 2. The van der Waals surface area contributed by atoms with Gasteiger partial charge in [-0.2, -0.15) is 0 Å². The van der Waals surface area contributed by atoms with Crippen LogP contribution in [0.1, 0.15) is 57.8 Å². The Morgan fingerprint density at radius 2 is 1.64 bits per heavy atom. The van der Waals surface area contributed by atoms with Gasteiger partial charge in [0.05, 0.1) is 5.41 Å². The lowest BCUT2D eigenvalue weighted by molar-refractivity contribution is -0.160. The fourth-order valence-corrected chi connectivity index (χ4v) is 6.63. The topological polar surface area (TPSA) is 86.7 Å². The molecule has 8 heteroatoms. The average molecular weight is 398 g/mol. The first-order valence-corrected chi connectivity index (χ1v) is 10.4. The molecule has 0 aromatic carbocycles. The molecule has 1 saturated heterocycles. The van der Waals surface area contributed by atoms with Gasteiger partial charge >= 0.3 is 5.97 Å². The molecule has 1 heterocycles. The first-order chi connectivity index (χ1) is 13.3. The second-order valence-corrected chi connectivity index (χ2v) is 9.38. The van der Waals surface area contributed by atoms with Gasteiger partial charge in [-0.05, 0) is 69.1 Å². The van der Waals surface area contributed by atoms with Gasteiger partial charge in [-0.15, -0.1) is 0 Å². The van der Waals surface area contributed by atoms with E-state index in [0.717, 1.165) is 19.3 Å². The Balaban J connectivity index is 1.46. The van der Waals surface area contributed by atoms with Crippen molar-refractivity contribution in [2.24, 2.45) is 23.2 Å². The molecular weight excluding hydrogens is 370 g/mol. The molecule has 6 nitrogen and oxygen atoms in total. The highest BCUT2D eigenvalue weighted by Crippen LogP contribution is 2.60. The first kappa shape index (κ1) is 19.6. The predicted molar refractivity (Wildman–Crippen MR) is 95.5 cm³/mol. The minimum absolute atomic E-state index is 0.0324. The number of hydrogen-bond acceptors (Lipinski definition) is 3. The van der Waals surface area contributed by atoms with Gasteiger partial charge in [0, 0.05) is 13.0 Å². The summed E-state index contributed by atoms with van der Waals surface area (Å²) < 4.78 is 25.2. The molecule has 5 fully saturated rings. The zero-order valence-electron chi connectivity index (χ0n) is 15.9. The number of aliphatic carboxylic acids is 1. The molecule has 2 unspecified atom stereocenters. The molecule has 0 aromatic heterocycles. The summed E-state index contributed by atoms with van der Waals surface area (Å²) in [6, 6.07) is -2.38. The van der Waals surface area contributed by atoms with Crippen LogP contribution in [0.15, 0.2) is 0 Å². The van der Waals surface area contributed by atoms with E-state index in [2.05, 4.69) is 5.32 Å². The van der Waals surface area contributed by atoms with Crippen LogP contribution in [0.25, 0.3) is 0 Å². The molecule has 2 amide bonds. The van der Waals surface area contributed by atoms with Crippen LogP contribution in [0.4, 0.5) is 8.78 Å². The van der Waals surface area contributed by atoms with E-state index in [9.17, 15) is 23.2 Å². The Morgan fingerprint density at radius 1 is 1.07 bits per heavy atom. The van der Waals surface area contributed by atoms with Crippen molar-refractivity contribution in [1.29, 1.82) is 0 Å². The van der Waals surface area contributed by atoms with Crippen molar-refractivity contribution < 1.29 is 28.3 Å². The van der Waals surface area contributed by atoms with E-state index in [1.807, 2.05) is 0 Å². The van der Waals surface area contributed by atoms with Crippen LogP contribution in [-0.2, 0) is 14.4 Å². The molecule has 2 atom stereocenters. The lowest BCUT2D eigenvalue weighted by Gasteiger charge is -2.56. The number of rotatable bonds is 6. The van der Waals surface area contributed by atoms with Gasteiger partial charge in [-0.25, -0.2) is 13.6 Å². The molecule has 0 spiro atoms. The van der Waals surface area contributed by atoms with E-state index in [1.165, 1.54) is 19.3 Å². The third-order valence-corrected chi connectivity index (χ3v) is 7.34. The van der Waals surface area contributed by atoms with Crippen LogP contribution in [0.5, 0.6) is 0 Å². The number of amides is 2. The number of carbonyl (C=O) groups is 3. The van der Waals surface area contributed by atoms with Crippen LogP contribution in [0.3, 0.4) is 0 Å². The van der Waals surface area contributed by atoms with Gasteiger partial charge in [0.2, 0.25) is 18.2 Å². The van der Waals surface area contributed by atoms with Crippen LogP contribution in [0, 0.1) is 23.2 Å². The van der Waals surface area contributed by atoms with Crippen molar-refractivity contribution in [3.05, 3.63) is 0 Å². The minimum atomic E-state index is -2.82. The summed E-state index contributed by atoms with van der Waals surface area (Å²) in [6.45, 7) is 0.477. The number of nitrogens with zero attached hydrogens (tertiary/aromatic N) is 1. The third-order valence-electron chi connectivity index (χ3n) is 7.34. The SMILES string of the molecule is O=C(O)C(CC(F)F)NC(=O)C1CCCN1C(=O)C12CC3CC(CC(C3)C1)C2. The molecule has 4 bridgehead atoms. The second kappa shape index (κ2) is 7.26. The van der Waals surface area contributed by atoms with Crippen LogP contribution in [0.2, 0.25) is 0 Å². The largest absolute Gasteiger partial charge is 0.480 e. The molecule has 0 aromatic rings. The van der Waals surface area contributed by atoms with Gasteiger partial charge in [0.15, 0.2) is 0 Å². The monoisotopic (exact) mass is 398 g/mol. The maximum absolute atomic E-state index is 13.5. The Morgan fingerprint density at radius 3 is 2.14 bits per heavy atom. The number of carboxylic acids is 1. The summed E-state index contributed by atoms with van der Waals surface area (Å²) in [5, 5.41) is 11.4. The van der Waals surface area contributed by atoms with Crippen molar-refractivity contribution >= 4 is 17.8 Å². The van der Waals surface area contributed by atoms with Gasteiger partial charge in [0.25, 0.3) is 0 Å². The maximum atomic E-state index is 13.5. The molecule has 4 aliphatic carbocycles. The molecule has 156 valence electrons. The number of halogens is 2. The highest BCUT2D eigenvalue weighted by atomic mass is 19.3. The Labute approximate surface area is 163 Å². The van der Waals surface area contributed by atoms with Crippen LogP contribution < -0.4 is 5.32 Å². The first-order valence-electron chi connectivity index (χ1n) is 10.4. The smallest absolute Gasteiger partial charge is 0.326 e. The summed E-state index contributed by atoms with van der Waals surface area (Å²) in [6.07, 6.45) is 3.68. The Hall–Kier alpha value is -1.73. The number of alkyl halides is 2. The van der Waals surface area contributed by atoms with Crippen molar-refractivity contribution in [3.8, 4) is 0 Å². The summed E-state index contributed by atoms with van der Waals surface area (Å²) in [7, 11) is 0. The molecule has 0 radical (unpaired) electrons. The molecule has 28 heavy (non-hydrogen) atoms. The zero-order valence-corrected chi connectivity index (χ0v) is 15.9. The number of nitrogens with one attached hydrogen (secondary N) is 1. The quantitative estimate of drug-likeness (QED) is 0.719. The number of carbonyl (C=O) groups excluding carboxylic acids is 2. The van der Waals surface area contributed by atoms with E-state index in [4.69, 9.17) is 5.11 Å². The summed E-state index contributed by atoms with van der Waals surface area (Å²) in [4.78, 5) is 39.0. The van der Waals surface area contributed by atoms with E-state index < -0.39 is 36.8 Å². The molecule has 2 N–H and O–H groups in total. The van der Waals surface area contributed by atoms with Crippen molar-refractivity contribution in [1.82, 2.24) is 10.2 Å². The summed E-state index contributed by atoms with van der Waals surface area (Å²) in [5.74, 6) is -0.258. The molecule has 5 aliphatic rings. The lowest BCUT2D eigenvalue weighted by Crippen LogP contribution is -2.58. The molecule has 4 saturated carbocycles. The normalized spacial score (nSPS) is 37.3. The van der Waals surface area contributed by atoms with Crippen molar-refractivity contribution in [2.75, 3.05) is 6.54 Å². The number of likely N-dealkylation sites (tertiary alicyclic amines) is 1. The maximum Gasteiger partial charge on any atom is 0.326 e. The van der Waals surface area contributed by atoms with Crippen molar-refractivity contribution in [3.63, 3.8) is 0 Å². The predicted octanol–water partition coefficient (Wildman–Crippen LogP) is 2.42. The fraction of sp³-hybridized carbons (Fsp3) is 0.850. The van der Waals surface area contributed by atoms with Crippen molar-refractivity contribution in [2.45, 2.75) is 76.3 Å². The van der Waals surface area contributed by atoms with Gasteiger partial charge < -0.3 is 15.3 Å². The van der Waals surface area contributed by atoms with Crippen LogP contribution >= 0.6 is 0 Å². The average Bonchev–Trinajstić information content (AvgIpc) is 3.08. The standard InChI is InChI=1S/C20H28F2N2O4/c21-16(22)7-14(18(26)27)23-17(25)15-2-1-3-24(15)19(28)20-8-11-4-12(9-20)6-13(5-11)10-20/h11-16H,1-10H2,(H,23,25)(H,26,27). The molecule has 1 aliphatic heterocycles. The van der Waals surface area contributed by atoms with Crippen LogP contribution in [-0.4, -0.2) is 52.8 Å². The molecule has 5 rings (SSSR count). The summed E-state index contributed by atoms with van der Waals surface area (Å²) >= 11 is 0. The lowest BCUT2D eigenvalue weighted by atomic mass is 9.49. The third kappa shape index (κ3) is 3.50. The zero-order chi connectivity index (χ0) is 20.1. The molecular formula is C20H28F2N2O4. The van der Waals surface area contributed by atoms with E-state index in [0.29, 0.717) is 37.1 Å². The Bertz CT molecular complexity index is 633. The van der Waals surface area contributed by atoms with Gasteiger partial charge in [-0.3, -0.25) is 9.59 Å². The highest BCUT2D eigenvalue weighted by Gasteiger charge is 2.56. The minimum Gasteiger partial charge on any atom is -0.480 e.